The van der Waals surface area contributed by atoms with Gasteiger partial charge in [0.15, 0.2) is 0 Å². The molecule has 0 heterocycles. The van der Waals surface area contributed by atoms with Crippen molar-refractivity contribution in [2.75, 3.05) is 13.7 Å². The van der Waals surface area contributed by atoms with Crippen molar-refractivity contribution in [2.24, 2.45) is 5.73 Å². The van der Waals surface area contributed by atoms with Crippen molar-refractivity contribution < 1.29 is 9.84 Å². The summed E-state index contributed by atoms with van der Waals surface area (Å²) in [6.45, 7) is 2.45. The van der Waals surface area contributed by atoms with Crippen LogP contribution in [0.25, 0.3) is 0 Å². The topological polar surface area (TPSA) is 55.5 Å². The van der Waals surface area contributed by atoms with E-state index in [1.165, 1.54) is 0 Å². The van der Waals surface area contributed by atoms with E-state index >= 15 is 0 Å². The molecule has 0 aliphatic rings. The SMILES string of the molecule is COc1ccc([C@@H](O)CCN)c(C)c1. The molecule has 0 aromatic heterocycles. The lowest BCUT2D eigenvalue weighted by Gasteiger charge is -2.13. The molecule has 0 bridgehead atoms. The van der Waals surface area contributed by atoms with Gasteiger partial charge in [0.2, 0.25) is 0 Å². The van der Waals surface area contributed by atoms with Gasteiger partial charge in [-0.3, -0.25) is 0 Å². The van der Waals surface area contributed by atoms with Crippen molar-refractivity contribution in [3.05, 3.63) is 29.3 Å². The predicted octanol–water partition coefficient (Wildman–Crippen LogP) is 1.39. The molecule has 3 heteroatoms. The molecule has 0 aliphatic carbocycles. The van der Waals surface area contributed by atoms with E-state index in [0.29, 0.717) is 13.0 Å². The highest BCUT2D eigenvalue weighted by Crippen LogP contribution is 2.23. The number of benzene rings is 1. The summed E-state index contributed by atoms with van der Waals surface area (Å²) in [6, 6.07) is 5.64. The monoisotopic (exact) mass is 195 g/mol. The number of rotatable bonds is 4. The average molecular weight is 195 g/mol. The minimum absolute atomic E-state index is 0.467. The highest BCUT2D eigenvalue weighted by atomic mass is 16.5. The van der Waals surface area contributed by atoms with Gasteiger partial charge in [0.25, 0.3) is 0 Å². The van der Waals surface area contributed by atoms with Crippen molar-refractivity contribution in [3.8, 4) is 5.75 Å². The zero-order valence-electron chi connectivity index (χ0n) is 8.66. The summed E-state index contributed by atoms with van der Waals surface area (Å²) in [5.41, 5.74) is 7.35. The molecule has 1 atom stereocenters. The molecule has 3 nitrogen and oxygen atoms in total. The molecule has 1 aromatic rings. The van der Waals surface area contributed by atoms with Crippen LogP contribution in [0.2, 0.25) is 0 Å². The minimum Gasteiger partial charge on any atom is -0.497 e. The number of ether oxygens (including phenoxy) is 1. The number of nitrogens with two attached hydrogens (primary N) is 1. The Morgan fingerprint density at radius 3 is 2.71 bits per heavy atom. The summed E-state index contributed by atoms with van der Waals surface area (Å²) >= 11 is 0. The van der Waals surface area contributed by atoms with Gasteiger partial charge in [-0.15, -0.1) is 0 Å². The average Bonchev–Trinajstić information content (AvgIpc) is 2.17. The highest BCUT2D eigenvalue weighted by molar-refractivity contribution is 5.35. The summed E-state index contributed by atoms with van der Waals surface area (Å²) in [7, 11) is 1.63. The molecule has 0 fully saturated rings. The first-order valence-corrected chi connectivity index (χ1v) is 4.71. The Morgan fingerprint density at radius 2 is 2.21 bits per heavy atom. The van der Waals surface area contributed by atoms with Crippen LogP contribution >= 0.6 is 0 Å². The van der Waals surface area contributed by atoms with Crippen molar-refractivity contribution in [1.82, 2.24) is 0 Å². The largest absolute Gasteiger partial charge is 0.497 e. The van der Waals surface area contributed by atoms with E-state index in [-0.39, 0.29) is 0 Å². The van der Waals surface area contributed by atoms with Crippen LogP contribution in [0.4, 0.5) is 0 Å². The van der Waals surface area contributed by atoms with E-state index in [2.05, 4.69) is 0 Å². The third kappa shape index (κ3) is 2.47. The second-order valence-electron chi connectivity index (χ2n) is 3.32. The van der Waals surface area contributed by atoms with E-state index in [1.807, 2.05) is 25.1 Å². The molecule has 0 saturated heterocycles. The van der Waals surface area contributed by atoms with E-state index in [1.54, 1.807) is 7.11 Å². The molecular formula is C11H17NO2. The molecule has 0 spiro atoms. The summed E-state index contributed by atoms with van der Waals surface area (Å²) in [5.74, 6) is 0.811. The van der Waals surface area contributed by atoms with Crippen LogP contribution in [0, 0.1) is 6.92 Å². The van der Waals surface area contributed by atoms with Gasteiger partial charge >= 0.3 is 0 Å². The van der Waals surface area contributed by atoms with Crippen LogP contribution < -0.4 is 10.5 Å². The Kier molecular flexibility index (Phi) is 3.92. The Balaban J connectivity index is 2.88. The molecular weight excluding hydrogens is 178 g/mol. The molecule has 78 valence electrons. The summed E-state index contributed by atoms with van der Waals surface area (Å²) < 4.78 is 5.08. The zero-order chi connectivity index (χ0) is 10.6. The summed E-state index contributed by atoms with van der Waals surface area (Å²) in [4.78, 5) is 0. The third-order valence-electron chi connectivity index (χ3n) is 2.28. The zero-order valence-corrected chi connectivity index (χ0v) is 8.66. The quantitative estimate of drug-likeness (QED) is 0.763. The number of methoxy groups -OCH3 is 1. The van der Waals surface area contributed by atoms with Gasteiger partial charge in [-0.05, 0) is 43.1 Å². The van der Waals surface area contributed by atoms with Crippen molar-refractivity contribution in [3.63, 3.8) is 0 Å². The van der Waals surface area contributed by atoms with Crippen molar-refractivity contribution in [1.29, 1.82) is 0 Å². The molecule has 0 aliphatic heterocycles. The molecule has 1 rings (SSSR count). The first kappa shape index (κ1) is 11.0. The number of aliphatic hydroxyl groups excluding tert-OH is 1. The molecule has 0 radical (unpaired) electrons. The fourth-order valence-electron chi connectivity index (χ4n) is 1.46. The number of hydrogen-bond donors (Lipinski definition) is 2. The van der Waals surface area contributed by atoms with E-state index in [0.717, 1.165) is 16.9 Å². The number of aliphatic hydroxyl groups is 1. The predicted molar refractivity (Wildman–Crippen MR) is 56.4 cm³/mol. The lowest BCUT2D eigenvalue weighted by molar-refractivity contribution is 0.169. The second-order valence-corrected chi connectivity index (χ2v) is 3.32. The minimum atomic E-state index is -0.467. The van der Waals surface area contributed by atoms with Crippen LogP contribution in [0.5, 0.6) is 5.75 Å². The summed E-state index contributed by atoms with van der Waals surface area (Å²) in [6.07, 6.45) is 0.124. The fraction of sp³-hybridized carbons (Fsp3) is 0.455. The first-order chi connectivity index (χ1) is 6.69. The molecule has 3 N–H and O–H groups in total. The molecule has 1 aromatic carbocycles. The Morgan fingerprint density at radius 1 is 1.50 bits per heavy atom. The third-order valence-corrected chi connectivity index (χ3v) is 2.28. The van der Waals surface area contributed by atoms with Gasteiger partial charge in [-0.25, -0.2) is 0 Å². The number of aryl methyl sites for hydroxylation is 1. The van der Waals surface area contributed by atoms with E-state index in [4.69, 9.17) is 10.5 Å². The van der Waals surface area contributed by atoms with Gasteiger partial charge in [0, 0.05) is 0 Å². The maximum Gasteiger partial charge on any atom is 0.119 e. The molecule has 0 saturated carbocycles. The van der Waals surface area contributed by atoms with Gasteiger partial charge in [-0.1, -0.05) is 6.07 Å². The van der Waals surface area contributed by atoms with E-state index < -0.39 is 6.10 Å². The van der Waals surface area contributed by atoms with Crippen molar-refractivity contribution in [2.45, 2.75) is 19.4 Å². The van der Waals surface area contributed by atoms with Crippen LogP contribution in [-0.4, -0.2) is 18.8 Å². The van der Waals surface area contributed by atoms with Crippen LogP contribution in [-0.2, 0) is 0 Å². The summed E-state index contributed by atoms with van der Waals surface area (Å²) in [5, 5.41) is 9.74. The Hall–Kier alpha value is -1.06. The maximum atomic E-state index is 9.74. The lowest BCUT2D eigenvalue weighted by Crippen LogP contribution is -2.07. The maximum absolute atomic E-state index is 9.74. The smallest absolute Gasteiger partial charge is 0.119 e. The Labute approximate surface area is 84.5 Å². The van der Waals surface area contributed by atoms with Gasteiger partial charge in [0.05, 0.1) is 13.2 Å². The second kappa shape index (κ2) is 4.98. The van der Waals surface area contributed by atoms with Crippen LogP contribution in [0.3, 0.4) is 0 Å². The molecule has 0 amide bonds. The van der Waals surface area contributed by atoms with Gasteiger partial charge in [-0.2, -0.15) is 0 Å². The Bertz CT molecular complexity index is 299. The first-order valence-electron chi connectivity index (χ1n) is 4.71. The van der Waals surface area contributed by atoms with Crippen LogP contribution in [0.15, 0.2) is 18.2 Å². The molecule has 14 heavy (non-hydrogen) atoms. The van der Waals surface area contributed by atoms with Gasteiger partial charge < -0.3 is 15.6 Å². The highest BCUT2D eigenvalue weighted by Gasteiger charge is 2.09. The number of hydrogen-bond acceptors (Lipinski definition) is 3. The molecule has 0 unspecified atom stereocenters. The standard InChI is InChI=1S/C11H17NO2/c1-8-7-9(14-2)3-4-10(8)11(13)5-6-12/h3-4,7,11,13H,5-6,12H2,1-2H3/t11-/m0/s1. The van der Waals surface area contributed by atoms with Gasteiger partial charge in [0.1, 0.15) is 5.75 Å². The lowest BCUT2D eigenvalue weighted by atomic mass is 10.0. The van der Waals surface area contributed by atoms with Crippen molar-refractivity contribution >= 4 is 0 Å². The fourth-order valence-corrected chi connectivity index (χ4v) is 1.46. The van der Waals surface area contributed by atoms with E-state index in [9.17, 15) is 5.11 Å². The van der Waals surface area contributed by atoms with Crippen LogP contribution in [0.1, 0.15) is 23.7 Å². The normalized spacial score (nSPS) is 12.6.